The minimum Gasteiger partial charge on any atom is -0.492 e. The van der Waals surface area contributed by atoms with E-state index in [2.05, 4.69) is 0 Å². The zero-order valence-electron chi connectivity index (χ0n) is 12.4. The number of nitrogens with zero attached hydrogens (tertiary/aromatic N) is 1. The Balaban J connectivity index is 2.97. The van der Waals surface area contributed by atoms with Gasteiger partial charge in [0.1, 0.15) is 12.4 Å². The molecule has 0 heterocycles. The van der Waals surface area contributed by atoms with Crippen LogP contribution in [0, 0.1) is 0 Å². The van der Waals surface area contributed by atoms with Crippen molar-refractivity contribution in [2.45, 2.75) is 38.1 Å². The van der Waals surface area contributed by atoms with Crippen LogP contribution in [-0.2, 0) is 10.0 Å². The van der Waals surface area contributed by atoms with E-state index in [4.69, 9.17) is 10.5 Å². The lowest BCUT2D eigenvalue weighted by molar-refractivity contribution is 0.327. The molecule has 0 spiro atoms. The molecule has 0 radical (unpaired) electrons. The van der Waals surface area contributed by atoms with Gasteiger partial charge in [-0.2, -0.15) is 4.31 Å². The minimum atomic E-state index is -3.45. The topological polar surface area (TPSA) is 72.6 Å². The van der Waals surface area contributed by atoms with Gasteiger partial charge >= 0.3 is 0 Å². The number of rotatable bonds is 8. The zero-order valence-corrected chi connectivity index (χ0v) is 13.2. The van der Waals surface area contributed by atoms with E-state index in [9.17, 15) is 8.42 Å². The molecule has 0 saturated heterocycles. The Morgan fingerprint density at radius 2 is 1.85 bits per heavy atom. The largest absolute Gasteiger partial charge is 0.492 e. The number of hydrogen-bond donors (Lipinski definition) is 1. The number of hydrogen-bond acceptors (Lipinski definition) is 4. The molecule has 2 N–H and O–H groups in total. The normalized spacial score (nSPS) is 13.4. The summed E-state index contributed by atoms with van der Waals surface area (Å²) in [6, 6.07) is 6.46. The van der Waals surface area contributed by atoms with Crippen molar-refractivity contribution in [1.29, 1.82) is 0 Å². The predicted molar refractivity (Wildman–Crippen MR) is 80.3 cm³/mol. The average molecular weight is 300 g/mol. The van der Waals surface area contributed by atoms with Crippen LogP contribution in [0.1, 0.15) is 27.2 Å². The van der Waals surface area contributed by atoms with Crippen molar-refractivity contribution in [3.05, 3.63) is 24.3 Å². The lowest BCUT2D eigenvalue weighted by atomic mass is 10.3. The van der Waals surface area contributed by atoms with E-state index in [1.165, 1.54) is 4.31 Å². The first-order chi connectivity index (χ1) is 9.47. The van der Waals surface area contributed by atoms with Gasteiger partial charge in [-0.25, -0.2) is 8.42 Å². The van der Waals surface area contributed by atoms with E-state index >= 15 is 0 Å². The van der Waals surface area contributed by atoms with Crippen molar-refractivity contribution in [2.24, 2.45) is 5.73 Å². The molecule has 0 saturated carbocycles. The molecular weight excluding hydrogens is 276 g/mol. The summed E-state index contributed by atoms with van der Waals surface area (Å²) in [7, 11) is -3.45. The SMILES string of the molecule is CCC(C)N(CC)S(=O)(=O)c1ccc(OCCN)cc1. The zero-order chi connectivity index (χ0) is 15.2. The predicted octanol–water partition coefficient (Wildman–Crippen LogP) is 1.83. The molecule has 0 aliphatic carbocycles. The van der Waals surface area contributed by atoms with Crippen molar-refractivity contribution in [3.63, 3.8) is 0 Å². The second-order valence-corrected chi connectivity index (χ2v) is 6.46. The van der Waals surface area contributed by atoms with Crippen LogP contribution in [0.15, 0.2) is 29.2 Å². The highest BCUT2D eigenvalue weighted by Crippen LogP contribution is 2.21. The van der Waals surface area contributed by atoms with Crippen LogP contribution in [0.25, 0.3) is 0 Å². The summed E-state index contributed by atoms with van der Waals surface area (Å²) < 4.78 is 32.0. The first-order valence-corrected chi connectivity index (χ1v) is 8.36. The molecule has 0 fully saturated rings. The Kier molecular flexibility index (Phi) is 6.45. The van der Waals surface area contributed by atoms with Gasteiger partial charge in [0.2, 0.25) is 10.0 Å². The first kappa shape index (κ1) is 16.9. The van der Waals surface area contributed by atoms with E-state index in [-0.39, 0.29) is 6.04 Å². The number of nitrogens with two attached hydrogens (primary N) is 1. The van der Waals surface area contributed by atoms with Crippen LogP contribution in [0.4, 0.5) is 0 Å². The fraction of sp³-hybridized carbons (Fsp3) is 0.571. The maximum Gasteiger partial charge on any atom is 0.243 e. The maximum atomic E-state index is 12.6. The third kappa shape index (κ3) is 3.94. The van der Waals surface area contributed by atoms with Crippen LogP contribution in [0.5, 0.6) is 5.75 Å². The molecule has 20 heavy (non-hydrogen) atoms. The van der Waals surface area contributed by atoms with E-state index in [1.54, 1.807) is 24.3 Å². The molecule has 1 aromatic carbocycles. The molecule has 0 bridgehead atoms. The van der Waals surface area contributed by atoms with Gasteiger partial charge in [0.05, 0.1) is 4.90 Å². The van der Waals surface area contributed by atoms with Crippen molar-refractivity contribution < 1.29 is 13.2 Å². The fourth-order valence-corrected chi connectivity index (χ4v) is 3.66. The van der Waals surface area contributed by atoms with Gasteiger partial charge in [-0.1, -0.05) is 13.8 Å². The van der Waals surface area contributed by atoms with Crippen molar-refractivity contribution >= 4 is 10.0 Å². The maximum absolute atomic E-state index is 12.6. The molecular formula is C14H24N2O3S. The monoisotopic (exact) mass is 300 g/mol. The molecule has 1 atom stereocenters. The number of ether oxygens (including phenoxy) is 1. The standard InChI is InChI=1S/C14H24N2O3S/c1-4-12(3)16(5-2)20(17,18)14-8-6-13(7-9-14)19-11-10-15/h6-9,12H,4-5,10-11,15H2,1-3H3. The smallest absolute Gasteiger partial charge is 0.243 e. The molecule has 5 nitrogen and oxygen atoms in total. The molecule has 114 valence electrons. The molecule has 1 aromatic rings. The Labute approximate surface area is 121 Å². The van der Waals surface area contributed by atoms with Crippen LogP contribution in [-0.4, -0.2) is 38.5 Å². The summed E-state index contributed by atoms with van der Waals surface area (Å²) in [4.78, 5) is 0.291. The summed E-state index contributed by atoms with van der Waals surface area (Å²) in [6.45, 7) is 7.05. The van der Waals surface area contributed by atoms with E-state index in [0.717, 1.165) is 6.42 Å². The van der Waals surface area contributed by atoms with Gasteiger partial charge in [-0.15, -0.1) is 0 Å². The van der Waals surface area contributed by atoms with Crippen LogP contribution >= 0.6 is 0 Å². The van der Waals surface area contributed by atoms with Gasteiger partial charge in [0.15, 0.2) is 0 Å². The molecule has 0 amide bonds. The Bertz CT molecular complexity index is 500. The lowest BCUT2D eigenvalue weighted by Crippen LogP contribution is -2.38. The Morgan fingerprint density at radius 1 is 1.25 bits per heavy atom. The van der Waals surface area contributed by atoms with Gasteiger partial charge in [0.25, 0.3) is 0 Å². The van der Waals surface area contributed by atoms with Gasteiger partial charge < -0.3 is 10.5 Å². The molecule has 1 unspecified atom stereocenters. The quantitative estimate of drug-likeness (QED) is 0.795. The third-order valence-corrected chi connectivity index (χ3v) is 5.31. The summed E-state index contributed by atoms with van der Waals surface area (Å²) in [5.41, 5.74) is 5.35. The average Bonchev–Trinajstić information content (AvgIpc) is 2.45. The van der Waals surface area contributed by atoms with Crippen molar-refractivity contribution in [1.82, 2.24) is 4.31 Å². The highest BCUT2D eigenvalue weighted by Gasteiger charge is 2.26. The van der Waals surface area contributed by atoms with Gasteiger partial charge in [-0.05, 0) is 37.6 Å². The minimum absolute atomic E-state index is 0.0156. The molecule has 6 heteroatoms. The number of benzene rings is 1. The molecule has 0 aromatic heterocycles. The molecule has 0 aliphatic heterocycles. The molecule has 1 rings (SSSR count). The van der Waals surface area contributed by atoms with Crippen molar-refractivity contribution in [3.8, 4) is 5.75 Å². The molecule has 0 aliphatic rings. The summed E-state index contributed by atoms with van der Waals surface area (Å²) in [5, 5.41) is 0. The summed E-state index contributed by atoms with van der Waals surface area (Å²) >= 11 is 0. The van der Waals surface area contributed by atoms with E-state index in [1.807, 2.05) is 20.8 Å². The van der Waals surface area contributed by atoms with E-state index < -0.39 is 10.0 Å². The van der Waals surface area contributed by atoms with Crippen LogP contribution < -0.4 is 10.5 Å². The van der Waals surface area contributed by atoms with Crippen LogP contribution in [0.2, 0.25) is 0 Å². The Morgan fingerprint density at radius 3 is 2.30 bits per heavy atom. The lowest BCUT2D eigenvalue weighted by Gasteiger charge is -2.26. The Hall–Kier alpha value is -1.11. The highest BCUT2D eigenvalue weighted by molar-refractivity contribution is 7.89. The van der Waals surface area contributed by atoms with E-state index in [0.29, 0.717) is 30.3 Å². The summed E-state index contributed by atoms with van der Waals surface area (Å²) in [5.74, 6) is 0.626. The van der Waals surface area contributed by atoms with Crippen LogP contribution in [0.3, 0.4) is 0 Å². The second kappa shape index (κ2) is 7.61. The number of sulfonamides is 1. The van der Waals surface area contributed by atoms with Gasteiger partial charge in [-0.3, -0.25) is 0 Å². The van der Waals surface area contributed by atoms with Gasteiger partial charge in [0, 0.05) is 19.1 Å². The third-order valence-electron chi connectivity index (χ3n) is 3.21. The summed E-state index contributed by atoms with van der Waals surface area (Å²) in [6.07, 6.45) is 0.783. The fourth-order valence-electron chi connectivity index (χ4n) is 1.94. The second-order valence-electron chi connectivity index (χ2n) is 4.57. The highest BCUT2D eigenvalue weighted by atomic mass is 32.2. The van der Waals surface area contributed by atoms with Crippen molar-refractivity contribution in [2.75, 3.05) is 19.7 Å². The first-order valence-electron chi connectivity index (χ1n) is 6.92.